The fraction of sp³-hybridized carbons (Fsp3) is 0.571. The molecule has 0 saturated heterocycles. The number of nitrogens with one attached hydrogen (secondary N) is 1. The molecule has 0 radical (unpaired) electrons. The summed E-state index contributed by atoms with van der Waals surface area (Å²) in [7, 11) is 0. The highest BCUT2D eigenvalue weighted by Crippen LogP contribution is 2.19. The third-order valence-corrected chi connectivity index (χ3v) is 3.75. The molecule has 1 rings (SSSR count). The summed E-state index contributed by atoms with van der Waals surface area (Å²) in [5, 5.41) is 12.3. The van der Waals surface area contributed by atoms with Crippen LogP contribution < -0.4 is 5.32 Å². The van der Waals surface area contributed by atoms with Crippen molar-refractivity contribution in [2.24, 2.45) is 5.92 Å². The van der Waals surface area contributed by atoms with E-state index in [0.717, 1.165) is 13.0 Å². The van der Waals surface area contributed by atoms with E-state index < -0.39 is 0 Å². The second-order valence-electron chi connectivity index (χ2n) is 4.52. The first kappa shape index (κ1) is 14.6. The molecule has 2 N–H and O–H groups in total. The molecule has 3 heteroatoms. The molecule has 1 aromatic rings. The van der Waals surface area contributed by atoms with Gasteiger partial charge < -0.3 is 10.4 Å². The summed E-state index contributed by atoms with van der Waals surface area (Å²) in [4.78, 5) is 1.30. The van der Waals surface area contributed by atoms with Crippen LogP contribution in [0.3, 0.4) is 0 Å². The van der Waals surface area contributed by atoms with Gasteiger partial charge in [-0.2, -0.15) is 0 Å². The van der Waals surface area contributed by atoms with Gasteiger partial charge in [0.15, 0.2) is 0 Å². The second-order valence-corrected chi connectivity index (χ2v) is 5.40. The minimum absolute atomic E-state index is 0.277. The van der Waals surface area contributed by atoms with Crippen molar-refractivity contribution in [1.29, 1.82) is 0 Å². The van der Waals surface area contributed by atoms with Crippen LogP contribution in [0.25, 0.3) is 0 Å². The average Bonchev–Trinajstić information content (AvgIpc) is 2.36. The van der Waals surface area contributed by atoms with Crippen LogP contribution in [0.5, 0.6) is 0 Å². The Kier molecular flexibility index (Phi) is 6.63. The van der Waals surface area contributed by atoms with Gasteiger partial charge in [0.05, 0.1) is 0 Å². The van der Waals surface area contributed by atoms with E-state index in [1.807, 2.05) is 0 Å². The molecular formula is C14H23NOS. The van der Waals surface area contributed by atoms with E-state index in [-0.39, 0.29) is 6.61 Å². The molecule has 0 aliphatic carbocycles. The maximum absolute atomic E-state index is 8.85. The molecule has 0 bridgehead atoms. The molecule has 0 aromatic heterocycles. The molecule has 96 valence electrons. The Morgan fingerprint density at radius 2 is 1.88 bits per heavy atom. The number of rotatable bonds is 7. The Bertz CT molecular complexity index is 313. The number of aliphatic hydroxyl groups is 1. The zero-order valence-corrected chi connectivity index (χ0v) is 11.8. The number of aliphatic hydroxyl groups excluding tert-OH is 1. The van der Waals surface area contributed by atoms with Crippen molar-refractivity contribution >= 4 is 11.8 Å². The predicted molar refractivity (Wildman–Crippen MR) is 75.5 cm³/mol. The number of thioether (sulfide) groups is 1. The molecule has 2 atom stereocenters. The molecule has 1 aromatic carbocycles. The third kappa shape index (κ3) is 5.11. The first-order valence-electron chi connectivity index (χ1n) is 6.15. The van der Waals surface area contributed by atoms with Crippen LogP contribution in [0.2, 0.25) is 0 Å². The van der Waals surface area contributed by atoms with E-state index in [9.17, 15) is 0 Å². The van der Waals surface area contributed by atoms with Crippen LogP contribution in [0.4, 0.5) is 0 Å². The monoisotopic (exact) mass is 253 g/mol. The fourth-order valence-electron chi connectivity index (χ4n) is 1.71. The quantitative estimate of drug-likeness (QED) is 0.733. The Hall–Kier alpha value is -0.510. The summed E-state index contributed by atoms with van der Waals surface area (Å²) in [5.41, 5.74) is 1.32. The molecule has 0 aliphatic heterocycles. The Morgan fingerprint density at radius 1 is 1.24 bits per heavy atom. The van der Waals surface area contributed by atoms with E-state index in [1.165, 1.54) is 10.5 Å². The van der Waals surface area contributed by atoms with E-state index >= 15 is 0 Å². The van der Waals surface area contributed by atoms with Gasteiger partial charge in [0.25, 0.3) is 0 Å². The van der Waals surface area contributed by atoms with Crippen molar-refractivity contribution in [2.75, 3.05) is 19.4 Å². The van der Waals surface area contributed by atoms with Gasteiger partial charge in [0, 0.05) is 17.5 Å². The zero-order chi connectivity index (χ0) is 12.7. The molecule has 0 spiro atoms. The lowest BCUT2D eigenvalue weighted by Crippen LogP contribution is -2.24. The minimum Gasteiger partial charge on any atom is -0.396 e. The third-order valence-electron chi connectivity index (χ3n) is 3.01. The molecule has 0 aliphatic rings. The van der Waals surface area contributed by atoms with Gasteiger partial charge in [-0.25, -0.2) is 0 Å². The molecule has 0 saturated carbocycles. The van der Waals surface area contributed by atoms with Crippen molar-refractivity contribution in [3.05, 3.63) is 29.8 Å². The Morgan fingerprint density at radius 3 is 2.41 bits per heavy atom. The van der Waals surface area contributed by atoms with Crippen LogP contribution in [0.15, 0.2) is 29.2 Å². The van der Waals surface area contributed by atoms with Crippen molar-refractivity contribution in [2.45, 2.75) is 31.2 Å². The highest BCUT2D eigenvalue weighted by atomic mass is 32.2. The first-order valence-corrected chi connectivity index (χ1v) is 7.38. The highest BCUT2D eigenvalue weighted by molar-refractivity contribution is 7.98. The van der Waals surface area contributed by atoms with Crippen LogP contribution in [-0.4, -0.2) is 24.5 Å². The summed E-state index contributed by atoms with van der Waals surface area (Å²) in [5.74, 6) is 0.521. The predicted octanol–water partition coefficient (Wildman–Crippen LogP) is 3.08. The van der Waals surface area contributed by atoms with Gasteiger partial charge in [0.1, 0.15) is 0 Å². The smallest absolute Gasteiger partial charge is 0.0434 e. The van der Waals surface area contributed by atoms with Crippen molar-refractivity contribution in [3.8, 4) is 0 Å². The van der Waals surface area contributed by atoms with Crippen LogP contribution in [0.1, 0.15) is 31.9 Å². The number of benzene rings is 1. The Balaban J connectivity index is 2.43. The summed E-state index contributed by atoms with van der Waals surface area (Å²) in [6.07, 6.45) is 2.96. The van der Waals surface area contributed by atoms with E-state index in [4.69, 9.17) is 5.11 Å². The lowest BCUT2D eigenvalue weighted by Gasteiger charge is -2.17. The SMILES string of the molecule is CSc1ccc(C(C)NCC(C)CCO)cc1. The van der Waals surface area contributed by atoms with Gasteiger partial charge in [-0.05, 0) is 49.8 Å². The maximum atomic E-state index is 8.85. The summed E-state index contributed by atoms with van der Waals surface area (Å²) >= 11 is 1.77. The lowest BCUT2D eigenvalue weighted by atomic mass is 10.1. The minimum atomic E-state index is 0.277. The van der Waals surface area contributed by atoms with Gasteiger partial charge >= 0.3 is 0 Å². The maximum Gasteiger partial charge on any atom is 0.0434 e. The van der Waals surface area contributed by atoms with Gasteiger partial charge in [-0.3, -0.25) is 0 Å². The van der Waals surface area contributed by atoms with Crippen molar-refractivity contribution in [3.63, 3.8) is 0 Å². The average molecular weight is 253 g/mol. The highest BCUT2D eigenvalue weighted by Gasteiger charge is 2.07. The van der Waals surface area contributed by atoms with Gasteiger partial charge in [-0.15, -0.1) is 11.8 Å². The fourth-order valence-corrected chi connectivity index (χ4v) is 2.12. The topological polar surface area (TPSA) is 32.3 Å². The molecule has 0 fully saturated rings. The second kappa shape index (κ2) is 7.75. The molecule has 2 unspecified atom stereocenters. The van der Waals surface area contributed by atoms with Crippen LogP contribution >= 0.6 is 11.8 Å². The summed E-state index contributed by atoms with van der Waals surface area (Å²) < 4.78 is 0. The van der Waals surface area contributed by atoms with Crippen LogP contribution in [-0.2, 0) is 0 Å². The van der Waals surface area contributed by atoms with E-state index in [0.29, 0.717) is 12.0 Å². The largest absolute Gasteiger partial charge is 0.396 e. The Labute approximate surface area is 109 Å². The van der Waals surface area contributed by atoms with Crippen molar-refractivity contribution in [1.82, 2.24) is 5.32 Å². The lowest BCUT2D eigenvalue weighted by molar-refractivity contribution is 0.258. The van der Waals surface area contributed by atoms with Gasteiger partial charge in [-0.1, -0.05) is 19.1 Å². The summed E-state index contributed by atoms with van der Waals surface area (Å²) in [6, 6.07) is 9.05. The summed E-state index contributed by atoms with van der Waals surface area (Å²) in [6.45, 7) is 5.57. The molecule has 2 nitrogen and oxygen atoms in total. The van der Waals surface area contributed by atoms with Crippen LogP contribution in [0, 0.1) is 5.92 Å². The first-order chi connectivity index (χ1) is 8.17. The van der Waals surface area contributed by atoms with E-state index in [2.05, 4.69) is 49.7 Å². The van der Waals surface area contributed by atoms with Gasteiger partial charge in [0.2, 0.25) is 0 Å². The molecule has 0 amide bonds. The standard InChI is InChI=1S/C14H23NOS/c1-11(8-9-16)10-15-12(2)13-4-6-14(17-3)7-5-13/h4-7,11-12,15-16H,8-10H2,1-3H3. The molecular weight excluding hydrogens is 230 g/mol. The molecule has 17 heavy (non-hydrogen) atoms. The number of hydrogen-bond acceptors (Lipinski definition) is 3. The molecule has 0 heterocycles. The van der Waals surface area contributed by atoms with E-state index in [1.54, 1.807) is 11.8 Å². The van der Waals surface area contributed by atoms with Crippen molar-refractivity contribution < 1.29 is 5.11 Å². The number of hydrogen-bond donors (Lipinski definition) is 2. The zero-order valence-electron chi connectivity index (χ0n) is 10.9. The normalized spacial score (nSPS) is 14.6.